The third-order valence-corrected chi connectivity index (χ3v) is 5.68. The zero-order valence-corrected chi connectivity index (χ0v) is 15.3. The van der Waals surface area contributed by atoms with Crippen LogP contribution in [0.4, 0.5) is 13.2 Å². The third kappa shape index (κ3) is 6.22. The van der Waals surface area contributed by atoms with E-state index in [1.54, 1.807) is 0 Å². The molecule has 0 aliphatic carbocycles. The number of hydrogen-bond acceptors (Lipinski definition) is 4. The van der Waals surface area contributed by atoms with Gasteiger partial charge in [-0.1, -0.05) is 12.1 Å². The summed E-state index contributed by atoms with van der Waals surface area (Å²) in [6, 6.07) is 5.25. The second-order valence-electron chi connectivity index (χ2n) is 6.32. The van der Waals surface area contributed by atoms with Crippen LogP contribution in [0.5, 0.6) is 0 Å². The number of sulfonamides is 1. The summed E-state index contributed by atoms with van der Waals surface area (Å²) in [6.45, 7) is 0.391. The van der Waals surface area contributed by atoms with E-state index < -0.39 is 27.8 Å². The van der Waals surface area contributed by atoms with Crippen LogP contribution >= 0.6 is 0 Å². The molecule has 1 aromatic rings. The molecule has 148 valence electrons. The Morgan fingerprint density at radius 2 is 2.07 bits per heavy atom. The Labute approximate surface area is 156 Å². The molecule has 1 aromatic carbocycles. The molecule has 1 heterocycles. The predicted octanol–water partition coefficient (Wildman–Crippen LogP) is 2.59. The number of alkyl halides is 3. The van der Waals surface area contributed by atoms with Gasteiger partial charge in [0, 0.05) is 25.9 Å². The minimum atomic E-state index is -4.56. The van der Waals surface area contributed by atoms with Gasteiger partial charge in [0.25, 0.3) is 0 Å². The van der Waals surface area contributed by atoms with Crippen LogP contribution in [0.1, 0.15) is 42.9 Å². The number of nitrogens with one attached hydrogen (secondary N) is 1. The number of halogens is 3. The summed E-state index contributed by atoms with van der Waals surface area (Å²) in [5.74, 6) is -0.472. The van der Waals surface area contributed by atoms with E-state index in [-0.39, 0.29) is 36.6 Å². The number of nitrogens with zero attached hydrogens (tertiary/aromatic N) is 2. The highest BCUT2D eigenvalue weighted by Gasteiger charge is 2.32. The van der Waals surface area contributed by atoms with Gasteiger partial charge in [-0.3, -0.25) is 4.79 Å². The second-order valence-corrected chi connectivity index (χ2v) is 8.19. The molecule has 1 N–H and O–H groups in total. The summed E-state index contributed by atoms with van der Waals surface area (Å²) in [5.41, 5.74) is -0.755. The number of nitriles is 1. The van der Waals surface area contributed by atoms with E-state index in [0.717, 1.165) is 12.1 Å². The van der Waals surface area contributed by atoms with Gasteiger partial charge in [0.05, 0.1) is 23.4 Å². The lowest BCUT2D eigenvalue weighted by Gasteiger charge is -2.25. The van der Waals surface area contributed by atoms with Gasteiger partial charge in [-0.05, 0) is 30.5 Å². The van der Waals surface area contributed by atoms with Crippen LogP contribution in [0.2, 0.25) is 0 Å². The predicted molar refractivity (Wildman–Crippen MR) is 91.8 cm³/mol. The van der Waals surface area contributed by atoms with Gasteiger partial charge in [0.15, 0.2) is 0 Å². The molecular formula is C17H20F3N3O3S. The van der Waals surface area contributed by atoms with E-state index in [9.17, 15) is 26.4 Å². The van der Waals surface area contributed by atoms with Gasteiger partial charge in [0.1, 0.15) is 0 Å². The number of carbonyl (C=O) groups excluding carboxylic acids is 1. The van der Waals surface area contributed by atoms with Crippen LogP contribution in [-0.2, 0) is 21.0 Å². The van der Waals surface area contributed by atoms with Crippen molar-refractivity contribution < 1.29 is 26.4 Å². The summed E-state index contributed by atoms with van der Waals surface area (Å²) in [7, 11) is -3.83. The maximum Gasteiger partial charge on any atom is 0.416 e. The molecule has 1 amide bonds. The van der Waals surface area contributed by atoms with Crippen molar-refractivity contribution in [3.63, 3.8) is 0 Å². The molecule has 1 unspecified atom stereocenters. The number of amides is 1. The SMILES string of the molecule is N#CCCCS(=O)(=O)NC(CN1CCCC1=O)c1cccc(C(F)(F)F)c1. The van der Waals surface area contributed by atoms with Gasteiger partial charge < -0.3 is 4.90 Å². The van der Waals surface area contributed by atoms with Crippen LogP contribution in [0.15, 0.2) is 24.3 Å². The minimum Gasteiger partial charge on any atom is -0.341 e. The molecule has 0 saturated carbocycles. The number of likely N-dealkylation sites (tertiary alicyclic amines) is 1. The molecule has 2 rings (SSSR count). The van der Waals surface area contributed by atoms with E-state index in [2.05, 4.69) is 4.72 Å². The van der Waals surface area contributed by atoms with Gasteiger partial charge in [-0.15, -0.1) is 0 Å². The third-order valence-electron chi connectivity index (χ3n) is 4.21. The second kappa shape index (κ2) is 8.71. The van der Waals surface area contributed by atoms with Crippen molar-refractivity contribution in [3.8, 4) is 6.07 Å². The van der Waals surface area contributed by atoms with Crippen LogP contribution in [0.3, 0.4) is 0 Å². The zero-order chi connectivity index (χ0) is 20.1. The molecule has 1 aliphatic rings. The summed E-state index contributed by atoms with van der Waals surface area (Å²) in [6.07, 6.45) is -3.42. The van der Waals surface area contributed by atoms with E-state index in [4.69, 9.17) is 5.26 Å². The Kier molecular flexibility index (Phi) is 6.84. The molecule has 0 spiro atoms. The number of rotatable bonds is 8. The molecule has 0 bridgehead atoms. The first-order valence-electron chi connectivity index (χ1n) is 8.44. The fraction of sp³-hybridized carbons (Fsp3) is 0.529. The first-order chi connectivity index (χ1) is 12.6. The summed E-state index contributed by atoms with van der Waals surface area (Å²) < 4.78 is 66.0. The lowest BCUT2D eigenvalue weighted by molar-refractivity contribution is -0.137. The van der Waals surface area contributed by atoms with Crippen molar-refractivity contribution in [2.75, 3.05) is 18.8 Å². The number of benzene rings is 1. The lowest BCUT2D eigenvalue weighted by atomic mass is 10.0. The van der Waals surface area contributed by atoms with E-state index >= 15 is 0 Å². The molecule has 0 radical (unpaired) electrons. The smallest absolute Gasteiger partial charge is 0.341 e. The van der Waals surface area contributed by atoms with Crippen molar-refractivity contribution in [1.82, 2.24) is 9.62 Å². The highest BCUT2D eigenvalue weighted by Crippen LogP contribution is 2.31. The van der Waals surface area contributed by atoms with Crippen molar-refractivity contribution in [3.05, 3.63) is 35.4 Å². The fourth-order valence-electron chi connectivity index (χ4n) is 2.88. The maximum absolute atomic E-state index is 13.0. The van der Waals surface area contributed by atoms with Gasteiger partial charge in [-0.2, -0.15) is 18.4 Å². The summed E-state index contributed by atoms with van der Waals surface area (Å²) in [4.78, 5) is 13.3. The first-order valence-corrected chi connectivity index (χ1v) is 10.1. The maximum atomic E-state index is 13.0. The molecule has 10 heteroatoms. The van der Waals surface area contributed by atoms with Gasteiger partial charge in [-0.25, -0.2) is 13.1 Å². The molecule has 1 saturated heterocycles. The fourth-order valence-corrected chi connectivity index (χ4v) is 4.16. The molecule has 1 atom stereocenters. The van der Waals surface area contributed by atoms with Crippen LogP contribution < -0.4 is 4.72 Å². The number of hydrogen-bond donors (Lipinski definition) is 1. The Bertz CT molecular complexity index is 819. The van der Waals surface area contributed by atoms with Crippen molar-refractivity contribution >= 4 is 15.9 Å². The number of unbranched alkanes of at least 4 members (excludes halogenated alkanes) is 1. The minimum absolute atomic E-state index is 0.0440. The van der Waals surface area contributed by atoms with Crippen molar-refractivity contribution in [2.24, 2.45) is 0 Å². The van der Waals surface area contributed by atoms with Crippen LogP contribution in [-0.4, -0.2) is 38.1 Å². The molecule has 1 fully saturated rings. The quantitative estimate of drug-likeness (QED) is 0.676. The van der Waals surface area contributed by atoms with Gasteiger partial charge >= 0.3 is 6.18 Å². The Morgan fingerprint density at radius 3 is 2.67 bits per heavy atom. The van der Waals surface area contributed by atoms with Crippen molar-refractivity contribution in [1.29, 1.82) is 5.26 Å². The highest BCUT2D eigenvalue weighted by molar-refractivity contribution is 7.89. The lowest BCUT2D eigenvalue weighted by Crippen LogP contribution is -2.39. The average Bonchev–Trinajstić information content (AvgIpc) is 2.98. The topological polar surface area (TPSA) is 90.3 Å². The van der Waals surface area contributed by atoms with E-state index in [0.29, 0.717) is 19.4 Å². The zero-order valence-electron chi connectivity index (χ0n) is 14.5. The van der Waals surface area contributed by atoms with E-state index in [1.807, 2.05) is 6.07 Å². The monoisotopic (exact) mass is 403 g/mol. The van der Waals surface area contributed by atoms with Gasteiger partial charge in [0.2, 0.25) is 15.9 Å². The Morgan fingerprint density at radius 1 is 1.33 bits per heavy atom. The molecular weight excluding hydrogens is 383 g/mol. The Balaban J connectivity index is 2.27. The standard InChI is InChI=1S/C17H20F3N3O3S/c18-17(19,20)14-6-3-5-13(11-14)15(12-23-9-4-7-16(23)24)22-27(25,26)10-2-1-8-21/h3,5-6,11,15,22H,1-2,4,7,9-10,12H2. The van der Waals surface area contributed by atoms with Crippen LogP contribution in [0, 0.1) is 11.3 Å². The largest absolute Gasteiger partial charge is 0.416 e. The molecule has 27 heavy (non-hydrogen) atoms. The van der Waals surface area contributed by atoms with E-state index in [1.165, 1.54) is 17.0 Å². The summed E-state index contributed by atoms with van der Waals surface area (Å²) >= 11 is 0. The first kappa shape index (κ1) is 21.2. The molecule has 6 nitrogen and oxygen atoms in total. The average molecular weight is 403 g/mol. The molecule has 1 aliphatic heterocycles. The van der Waals surface area contributed by atoms with Crippen molar-refractivity contribution in [2.45, 2.75) is 37.9 Å². The van der Waals surface area contributed by atoms with Crippen LogP contribution in [0.25, 0.3) is 0 Å². The molecule has 0 aromatic heterocycles. The number of carbonyl (C=O) groups is 1. The normalized spacial score (nSPS) is 16.4. The highest BCUT2D eigenvalue weighted by atomic mass is 32.2. The Hall–Kier alpha value is -2.12. The summed E-state index contributed by atoms with van der Waals surface area (Å²) in [5, 5.41) is 8.53.